The van der Waals surface area contributed by atoms with Crippen LogP contribution in [0.15, 0.2) is 24.3 Å². The second-order valence-corrected chi connectivity index (χ2v) is 6.52. The van der Waals surface area contributed by atoms with Crippen LogP contribution in [0.3, 0.4) is 0 Å². The molecule has 0 radical (unpaired) electrons. The van der Waals surface area contributed by atoms with Crippen molar-refractivity contribution in [2.45, 2.75) is 25.7 Å². The van der Waals surface area contributed by atoms with E-state index in [9.17, 15) is 4.79 Å². The molecule has 0 amide bonds. The number of methoxy groups -OCH3 is 1. The number of imidazole rings is 1. The van der Waals surface area contributed by atoms with Crippen molar-refractivity contribution >= 4 is 22.6 Å². The van der Waals surface area contributed by atoms with Gasteiger partial charge in [0.05, 0.1) is 7.11 Å². The largest absolute Gasteiger partial charge is 0.496 e. The van der Waals surface area contributed by atoms with Crippen LogP contribution < -0.4 is 4.74 Å². The van der Waals surface area contributed by atoms with Gasteiger partial charge in [-0.25, -0.2) is 4.98 Å². The van der Waals surface area contributed by atoms with E-state index in [1.807, 2.05) is 28.7 Å². The second kappa shape index (κ2) is 5.25. The maximum atomic E-state index is 11.8. The monoisotopic (exact) mass is 312 g/mol. The lowest BCUT2D eigenvalue weighted by Crippen LogP contribution is -2.05. The molecule has 22 heavy (non-hydrogen) atoms. The summed E-state index contributed by atoms with van der Waals surface area (Å²) in [4.78, 5) is 18.8. The molecule has 0 atom stereocenters. The number of ether oxygens (including phenoxy) is 1. The molecule has 3 aromatic rings. The minimum absolute atomic E-state index is 0.638. The third kappa shape index (κ3) is 1.89. The number of rotatable bonds is 3. The molecule has 0 saturated heterocycles. The first-order valence-electron chi connectivity index (χ1n) is 7.45. The van der Waals surface area contributed by atoms with Crippen LogP contribution in [0.4, 0.5) is 0 Å². The Morgan fingerprint density at radius 1 is 1.27 bits per heavy atom. The molecule has 0 saturated carbocycles. The molecule has 5 heteroatoms. The van der Waals surface area contributed by atoms with Gasteiger partial charge in [0.25, 0.3) is 0 Å². The highest BCUT2D eigenvalue weighted by atomic mass is 32.1. The van der Waals surface area contributed by atoms with Crippen LogP contribution in [0.25, 0.3) is 16.2 Å². The highest BCUT2D eigenvalue weighted by Gasteiger charge is 2.24. The second-order valence-electron chi connectivity index (χ2n) is 5.46. The summed E-state index contributed by atoms with van der Waals surface area (Å²) in [5.74, 6) is 0.741. The van der Waals surface area contributed by atoms with Gasteiger partial charge in [0.15, 0.2) is 11.2 Å². The average Bonchev–Trinajstić information content (AvgIpc) is 3.10. The van der Waals surface area contributed by atoms with Gasteiger partial charge in [0.2, 0.25) is 0 Å². The predicted octanol–water partition coefficient (Wildman–Crippen LogP) is 3.76. The van der Waals surface area contributed by atoms with Gasteiger partial charge in [-0.3, -0.25) is 9.20 Å². The Bertz CT molecular complexity index is 863. The molecule has 0 bridgehead atoms. The van der Waals surface area contributed by atoms with Crippen LogP contribution in [0.5, 0.6) is 5.75 Å². The zero-order chi connectivity index (χ0) is 15.1. The van der Waals surface area contributed by atoms with Crippen molar-refractivity contribution in [1.29, 1.82) is 0 Å². The van der Waals surface area contributed by atoms with Crippen LogP contribution in [-0.2, 0) is 12.8 Å². The summed E-state index contributed by atoms with van der Waals surface area (Å²) in [5.41, 5.74) is 3.49. The fourth-order valence-electron chi connectivity index (χ4n) is 3.21. The number of fused-ring (bicyclic) bond motifs is 3. The van der Waals surface area contributed by atoms with Crippen molar-refractivity contribution < 1.29 is 9.53 Å². The minimum Gasteiger partial charge on any atom is -0.496 e. The van der Waals surface area contributed by atoms with Gasteiger partial charge in [-0.2, -0.15) is 0 Å². The molecule has 0 fully saturated rings. The summed E-state index contributed by atoms with van der Waals surface area (Å²) in [6.45, 7) is 0. The van der Waals surface area contributed by atoms with E-state index in [1.54, 1.807) is 18.4 Å². The van der Waals surface area contributed by atoms with E-state index < -0.39 is 0 Å². The quantitative estimate of drug-likeness (QED) is 0.692. The van der Waals surface area contributed by atoms with Crippen molar-refractivity contribution in [2.24, 2.45) is 0 Å². The molecular formula is C17H16N2O2S. The van der Waals surface area contributed by atoms with Crippen molar-refractivity contribution in [2.75, 3.05) is 7.11 Å². The fourth-order valence-corrected chi connectivity index (χ4v) is 4.42. The summed E-state index contributed by atoms with van der Waals surface area (Å²) in [5, 5.41) is 0. The number of benzene rings is 1. The van der Waals surface area contributed by atoms with Crippen LogP contribution >= 0.6 is 11.3 Å². The molecular weight excluding hydrogens is 296 g/mol. The zero-order valence-electron chi connectivity index (χ0n) is 12.3. The first-order valence-corrected chi connectivity index (χ1v) is 8.26. The van der Waals surface area contributed by atoms with Gasteiger partial charge >= 0.3 is 0 Å². The van der Waals surface area contributed by atoms with E-state index in [1.165, 1.54) is 23.4 Å². The Balaban J connectivity index is 1.99. The van der Waals surface area contributed by atoms with E-state index in [2.05, 4.69) is 0 Å². The van der Waals surface area contributed by atoms with Crippen molar-refractivity contribution in [1.82, 2.24) is 9.38 Å². The lowest BCUT2D eigenvalue weighted by molar-refractivity contribution is 0.111. The molecule has 112 valence electrons. The minimum atomic E-state index is 0.638. The summed E-state index contributed by atoms with van der Waals surface area (Å²) in [6, 6.07) is 7.70. The molecule has 4 nitrogen and oxygen atoms in total. The summed E-state index contributed by atoms with van der Waals surface area (Å²) < 4.78 is 7.47. The van der Waals surface area contributed by atoms with Crippen LogP contribution in [0.2, 0.25) is 0 Å². The number of aromatic nitrogens is 2. The van der Waals surface area contributed by atoms with Gasteiger partial charge in [0.1, 0.15) is 17.1 Å². The van der Waals surface area contributed by atoms with Crippen LogP contribution in [0, 0.1) is 0 Å². The van der Waals surface area contributed by atoms with Crippen LogP contribution in [-0.4, -0.2) is 22.8 Å². The molecule has 0 aliphatic heterocycles. The third-order valence-corrected chi connectivity index (χ3v) is 5.37. The Morgan fingerprint density at radius 2 is 2.09 bits per heavy atom. The van der Waals surface area contributed by atoms with Crippen molar-refractivity contribution in [3.05, 3.63) is 40.5 Å². The molecule has 2 aromatic heterocycles. The summed E-state index contributed by atoms with van der Waals surface area (Å²) in [7, 11) is 1.64. The number of carbonyl (C=O) groups is 1. The number of para-hydroxylation sites is 1. The van der Waals surface area contributed by atoms with E-state index in [0.29, 0.717) is 11.4 Å². The summed E-state index contributed by atoms with van der Waals surface area (Å²) in [6.07, 6.45) is 5.46. The van der Waals surface area contributed by atoms with Crippen molar-refractivity contribution in [3.63, 3.8) is 0 Å². The third-order valence-electron chi connectivity index (χ3n) is 4.23. The fraction of sp³-hybridized carbons (Fsp3) is 0.294. The van der Waals surface area contributed by atoms with Crippen molar-refractivity contribution in [3.8, 4) is 17.0 Å². The maximum Gasteiger partial charge on any atom is 0.195 e. The number of hydrogen-bond acceptors (Lipinski definition) is 4. The lowest BCUT2D eigenvalue weighted by Gasteiger charge is -2.11. The van der Waals surface area contributed by atoms with Crippen LogP contribution in [0.1, 0.15) is 33.9 Å². The molecule has 0 N–H and O–H groups in total. The number of aldehydes is 1. The van der Waals surface area contributed by atoms with Gasteiger partial charge in [0, 0.05) is 16.1 Å². The smallest absolute Gasteiger partial charge is 0.195 e. The lowest BCUT2D eigenvalue weighted by atomic mass is 10.0. The first kappa shape index (κ1) is 13.5. The molecule has 1 aromatic carbocycles. The Morgan fingerprint density at radius 3 is 2.91 bits per heavy atom. The topological polar surface area (TPSA) is 43.6 Å². The first-order chi connectivity index (χ1) is 10.8. The van der Waals surface area contributed by atoms with E-state index in [4.69, 9.17) is 9.72 Å². The maximum absolute atomic E-state index is 11.8. The Labute approximate surface area is 132 Å². The Hall–Kier alpha value is -2.14. The summed E-state index contributed by atoms with van der Waals surface area (Å²) >= 11 is 1.71. The number of thiazole rings is 1. The molecule has 1 aliphatic carbocycles. The van der Waals surface area contributed by atoms with E-state index in [0.717, 1.165) is 35.4 Å². The number of aryl methyl sites for hydroxylation is 2. The molecule has 0 unspecified atom stereocenters. The number of carbonyl (C=O) groups excluding carboxylic acids is 1. The normalized spacial score (nSPS) is 14.0. The van der Waals surface area contributed by atoms with E-state index >= 15 is 0 Å². The SMILES string of the molecule is COc1ccccc1-c1nc2sc3c(n2c1C=O)CCCC3. The highest BCUT2D eigenvalue weighted by molar-refractivity contribution is 7.17. The highest BCUT2D eigenvalue weighted by Crippen LogP contribution is 2.36. The Kier molecular flexibility index (Phi) is 3.22. The molecule has 4 rings (SSSR count). The molecule has 1 aliphatic rings. The standard InChI is InChI=1S/C17H16N2O2S/c1-21-14-8-4-2-6-11(14)16-13(10-20)19-12-7-3-5-9-15(12)22-17(19)18-16/h2,4,6,8,10H,3,5,7,9H2,1H3. The van der Waals surface area contributed by atoms with E-state index in [-0.39, 0.29) is 0 Å². The molecule has 0 spiro atoms. The zero-order valence-corrected chi connectivity index (χ0v) is 13.2. The average molecular weight is 312 g/mol. The van der Waals surface area contributed by atoms with Gasteiger partial charge < -0.3 is 4.74 Å². The van der Waals surface area contributed by atoms with Gasteiger partial charge in [-0.1, -0.05) is 12.1 Å². The predicted molar refractivity (Wildman–Crippen MR) is 87.1 cm³/mol. The molecule has 2 heterocycles. The van der Waals surface area contributed by atoms with Gasteiger partial charge in [-0.05, 0) is 37.8 Å². The number of hydrogen-bond donors (Lipinski definition) is 0. The number of nitrogens with zero attached hydrogens (tertiary/aromatic N) is 2. The van der Waals surface area contributed by atoms with Gasteiger partial charge in [-0.15, -0.1) is 11.3 Å².